The van der Waals surface area contributed by atoms with E-state index in [-0.39, 0.29) is 0 Å². The molecule has 2 aromatic rings. The second-order valence-corrected chi connectivity index (χ2v) is 9.47. The summed E-state index contributed by atoms with van der Waals surface area (Å²) in [5.41, 5.74) is 9.92. The van der Waals surface area contributed by atoms with Gasteiger partial charge < -0.3 is 4.12 Å². The summed E-state index contributed by atoms with van der Waals surface area (Å²) in [4.78, 5) is 0. The van der Waals surface area contributed by atoms with Gasteiger partial charge in [-0.2, -0.15) is 0 Å². The Kier molecular flexibility index (Phi) is 7.26. The van der Waals surface area contributed by atoms with Crippen molar-refractivity contribution in [1.82, 2.24) is 0 Å². The summed E-state index contributed by atoms with van der Waals surface area (Å²) in [6.45, 7) is 7.18. The summed E-state index contributed by atoms with van der Waals surface area (Å²) in [5.74, 6) is 0. The molecule has 0 heterocycles. The Bertz CT molecular complexity index is 550. The van der Waals surface area contributed by atoms with Gasteiger partial charge in [0, 0.05) is 0 Å². The highest BCUT2D eigenvalue weighted by Crippen LogP contribution is 2.21. The molecule has 0 bridgehead atoms. The van der Waals surface area contributed by atoms with Crippen molar-refractivity contribution >= 4 is 19.5 Å². The van der Waals surface area contributed by atoms with Crippen molar-refractivity contribution in [3.63, 3.8) is 0 Å². The van der Waals surface area contributed by atoms with E-state index < -0.39 is 9.04 Å². The first-order valence-electron chi connectivity index (χ1n) is 8.20. The summed E-state index contributed by atoms with van der Waals surface area (Å²) < 4.78 is 5.09. The molecule has 0 fully saturated rings. The highest BCUT2D eigenvalue weighted by atomic mass is 28.3. The molecule has 2 aromatic carbocycles. The summed E-state index contributed by atoms with van der Waals surface area (Å²) in [7, 11) is -0.271. The minimum absolute atomic E-state index is 0.811. The number of aryl methyl sites for hydroxylation is 4. The molecule has 0 aliphatic heterocycles. The lowest BCUT2D eigenvalue weighted by Crippen LogP contribution is -2.08. The van der Waals surface area contributed by atoms with Crippen LogP contribution in [0.4, 0.5) is 0 Å². The molecule has 0 N–H and O–H groups in total. The SMILES string of the molecule is C=C[SiH](C=C)O[SiH3].c1ccc2c(c1)CC2.c1ccc2c(c1)CC2. The van der Waals surface area contributed by atoms with Crippen molar-refractivity contribution in [3.05, 3.63) is 95.3 Å². The molecule has 23 heavy (non-hydrogen) atoms. The second kappa shape index (κ2) is 9.45. The largest absolute Gasteiger partial charge is 0.460 e. The smallest absolute Gasteiger partial charge is 0.212 e. The van der Waals surface area contributed by atoms with E-state index in [9.17, 15) is 0 Å². The van der Waals surface area contributed by atoms with Gasteiger partial charge in [0.25, 0.3) is 0 Å². The standard InChI is InChI=1S/2C8H8.C4H10OSi2/c2*1-2-4-8-6-5-7(8)3-1;1-3-7(4-2)5-6/h2*1-4H,5-6H2;3-4,7H,1-2H2,6H3. The van der Waals surface area contributed by atoms with Crippen LogP contribution in [0.15, 0.2) is 73.1 Å². The molecule has 1 nitrogen and oxygen atoms in total. The number of benzene rings is 2. The fourth-order valence-corrected chi connectivity index (χ4v) is 4.30. The maximum atomic E-state index is 5.09. The summed E-state index contributed by atoms with van der Waals surface area (Å²) in [6.07, 6.45) is 5.21. The molecule has 0 aromatic heterocycles. The molecule has 0 spiro atoms. The van der Waals surface area contributed by atoms with Gasteiger partial charge in [-0.15, -0.1) is 13.2 Å². The molecule has 2 aliphatic rings. The van der Waals surface area contributed by atoms with Crippen molar-refractivity contribution < 1.29 is 4.12 Å². The van der Waals surface area contributed by atoms with Crippen LogP contribution in [0, 0.1) is 0 Å². The average Bonchev–Trinajstić information content (AvgIpc) is 2.53. The molecular formula is C20H26OSi2. The summed E-state index contributed by atoms with van der Waals surface area (Å²) in [5, 5.41) is 0. The van der Waals surface area contributed by atoms with Gasteiger partial charge in [-0.1, -0.05) is 59.9 Å². The third kappa shape index (κ3) is 5.17. The van der Waals surface area contributed by atoms with Gasteiger partial charge in [0.1, 0.15) is 10.5 Å². The van der Waals surface area contributed by atoms with Gasteiger partial charge in [-0.25, -0.2) is 0 Å². The van der Waals surface area contributed by atoms with Gasteiger partial charge in [0.2, 0.25) is 9.04 Å². The predicted molar refractivity (Wildman–Crippen MR) is 106 cm³/mol. The Balaban J connectivity index is 0.000000126. The van der Waals surface area contributed by atoms with Gasteiger partial charge in [0.05, 0.1) is 0 Å². The van der Waals surface area contributed by atoms with E-state index in [1.807, 2.05) is 11.4 Å². The average molecular weight is 339 g/mol. The topological polar surface area (TPSA) is 9.23 Å². The molecule has 3 heteroatoms. The van der Waals surface area contributed by atoms with Crippen molar-refractivity contribution in [1.29, 1.82) is 0 Å². The molecule has 0 radical (unpaired) electrons. The Morgan fingerprint density at radius 1 is 0.739 bits per heavy atom. The Morgan fingerprint density at radius 2 is 1.04 bits per heavy atom. The van der Waals surface area contributed by atoms with Crippen LogP contribution in [0.3, 0.4) is 0 Å². The number of fused-ring (bicyclic) bond motifs is 2. The molecule has 0 saturated heterocycles. The highest BCUT2D eigenvalue weighted by molar-refractivity contribution is 6.65. The van der Waals surface area contributed by atoms with Gasteiger partial charge in [-0.05, 0) is 47.9 Å². The predicted octanol–water partition coefficient (Wildman–Crippen LogP) is 3.03. The monoisotopic (exact) mass is 338 g/mol. The summed E-state index contributed by atoms with van der Waals surface area (Å²) in [6, 6.07) is 17.3. The van der Waals surface area contributed by atoms with Crippen LogP contribution in [0.5, 0.6) is 0 Å². The first-order valence-corrected chi connectivity index (χ1v) is 10.8. The van der Waals surface area contributed by atoms with Crippen molar-refractivity contribution in [2.45, 2.75) is 25.7 Å². The van der Waals surface area contributed by atoms with E-state index in [2.05, 4.69) is 61.7 Å². The third-order valence-electron chi connectivity index (χ3n) is 4.30. The Labute approximate surface area is 145 Å². The lowest BCUT2D eigenvalue weighted by atomic mass is 9.89. The molecule has 4 rings (SSSR count). The molecule has 0 saturated carbocycles. The van der Waals surface area contributed by atoms with Crippen LogP contribution in [-0.2, 0) is 29.8 Å². The first kappa shape index (κ1) is 17.7. The molecule has 2 aliphatic carbocycles. The number of hydrogen-bond acceptors (Lipinski definition) is 1. The first-order chi connectivity index (χ1) is 11.3. The number of rotatable bonds is 3. The lowest BCUT2D eigenvalue weighted by Gasteiger charge is -2.16. The zero-order valence-corrected chi connectivity index (χ0v) is 17.2. The quantitative estimate of drug-likeness (QED) is 0.782. The van der Waals surface area contributed by atoms with Crippen LogP contribution in [0.25, 0.3) is 0 Å². The van der Waals surface area contributed by atoms with Crippen LogP contribution in [0.1, 0.15) is 22.3 Å². The maximum absolute atomic E-state index is 5.09. The number of hydrogen-bond donors (Lipinski definition) is 0. The molecule has 0 amide bonds. The second-order valence-electron chi connectivity index (χ2n) is 5.71. The fourth-order valence-electron chi connectivity index (χ4n) is 2.56. The van der Waals surface area contributed by atoms with Crippen LogP contribution >= 0.6 is 0 Å². The zero-order chi connectivity index (χ0) is 16.5. The normalized spacial score (nSPS) is 12.9. The summed E-state index contributed by atoms with van der Waals surface area (Å²) >= 11 is 0. The van der Waals surface area contributed by atoms with E-state index in [1.165, 1.54) is 25.7 Å². The van der Waals surface area contributed by atoms with Crippen LogP contribution in [-0.4, -0.2) is 19.5 Å². The van der Waals surface area contributed by atoms with Crippen LogP contribution in [0.2, 0.25) is 0 Å². The molecule has 120 valence electrons. The van der Waals surface area contributed by atoms with E-state index in [0.717, 1.165) is 10.5 Å². The Hall–Kier alpha value is -1.69. The minimum atomic E-state index is -1.08. The van der Waals surface area contributed by atoms with E-state index >= 15 is 0 Å². The minimum Gasteiger partial charge on any atom is -0.460 e. The van der Waals surface area contributed by atoms with Gasteiger partial charge in [-0.3, -0.25) is 0 Å². The van der Waals surface area contributed by atoms with E-state index in [0.29, 0.717) is 0 Å². The lowest BCUT2D eigenvalue weighted by molar-refractivity contribution is 0.659. The van der Waals surface area contributed by atoms with Crippen molar-refractivity contribution in [2.75, 3.05) is 0 Å². The van der Waals surface area contributed by atoms with Crippen molar-refractivity contribution in [2.24, 2.45) is 0 Å². The Morgan fingerprint density at radius 3 is 1.13 bits per heavy atom. The highest BCUT2D eigenvalue weighted by Gasteiger charge is 2.09. The zero-order valence-electron chi connectivity index (χ0n) is 14.0. The van der Waals surface area contributed by atoms with Gasteiger partial charge >= 0.3 is 0 Å². The fraction of sp³-hybridized carbons (Fsp3) is 0.200. The van der Waals surface area contributed by atoms with Gasteiger partial charge in [0.15, 0.2) is 0 Å². The maximum Gasteiger partial charge on any atom is 0.212 e. The van der Waals surface area contributed by atoms with Crippen LogP contribution < -0.4 is 0 Å². The molecule has 0 atom stereocenters. The van der Waals surface area contributed by atoms with E-state index in [1.54, 1.807) is 22.3 Å². The molecular weight excluding hydrogens is 312 g/mol. The van der Waals surface area contributed by atoms with Crippen molar-refractivity contribution in [3.8, 4) is 0 Å². The third-order valence-corrected chi connectivity index (χ3v) is 7.41. The van der Waals surface area contributed by atoms with E-state index in [4.69, 9.17) is 4.12 Å². The molecule has 0 unspecified atom stereocenters.